The molecule has 1 N–H and O–H groups in total. The lowest BCUT2D eigenvalue weighted by atomic mass is 10.4. The summed E-state index contributed by atoms with van der Waals surface area (Å²) in [6, 6.07) is 11.0. The topological polar surface area (TPSA) is 20.2 Å². The lowest BCUT2D eigenvalue weighted by Crippen LogP contribution is -2.44. The molecule has 0 saturated carbocycles. The van der Waals surface area contributed by atoms with Crippen LogP contribution < -0.4 is 5.19 Å². The van der Waals surface area contributed by atoms with Crippen LogP contribution >= 0.6 is 0 Å². The van der Waals surface area contributed by atoms with Crippen molar-refractivity contribution in [3.63, 3.8) is 0 Å². The monoisotopic (exact) mass is 180 g/mol. The average molecular weight is 180 g/mol. The zero-order valence-corrected chi connectivity index (χ0v) is 8.75. The smallest absolute Gasteiger partial charge is 0.216 e. The first-order valence-electron chi connectivity index (χ1n) is 4.44. The third kappa shape index (κ3) is 2.19. The van der Waals surface area contributed by atoms with Crippen molar-refractivity contribution < 1.29 is 4.80 Å². The van der Waals surface area contributed by atoms with E-state index in [-0.39, 0.29) is 0 Å². The minimum absolute atomic E-state index is 0.955. The summed E-state index contributed by atoms with van der Waals surface area (Å²) in [5, 5.41) is 1.15. The van der Waals surface area contributed by atoms with Crippen LogP contribution in [0.1, 0.15) is 13.3 Å². The van der Waals surface area contributed by atoms with E-state index in [1.165, 1.54) is 0 Å². The molecule has 1 atom stereocenters. The standard InChI is InChI=1S/C10H16OSi/c1-3-9-12(2,11)10-7-5-4-6-8-10/h4-8,11H,3,9H2,1-2H3. The molecule has 0 radical (unpaired) electrons. The molecule has 1 nitrogen and oxygen atoms in total. The Morgan fingerprint density at radius 3 is 2.33 bits per heavy atom. The highest BCUT2D eigenvalue weighted by molar-refractivity contribution is 6.84. The lowest BCUT2D eigenvalue weighted by Gasteiger charge is -2.19. The van der Waals surface area contributed by atoms with Crippen LogP contribution in [0.25, 0.3) is 0 Å². The van der Waals surface area contributed by atoms with Gasteiger partial charge in [-0.25, -0.2) is 0 Å². The second kappa shape index (κ2) is 3.87. The van der Waals surface area contributed by atoms with Crippen LogP contribution in [-0.2, 0) is 0 Å². The first-order valence-corrected chi connectivity index (χ1v) is 7.10. The van der Waals surface area contributed by atoms with E-state index >= 15 is 0 Å². The Hall–Kier alpha value is -0.603. The summed E-state index contributed by atoms with van der Waals surface area (Å²) in [6.45, 7) is 4.12. The Balaban J connectivity index is 2.82. The summed E-state index contributed by atoms with van der Waals surface area (Å²) in [4.78, 5) is 10.1. The molecule has 1 unspecified atom stereocenters. The van der Waals surface area contributed by atoms with E-state index in [0.29, 0.717) is 0 Å². The second-order valence-corrected chi connectivity index (χ2v) is 7.01. The maximum Gasteiger partial charge on any atom is 0.216 e. The van der Waals surface area contributed by atoms with Crippen LogP contribution in [0.3, 0.4) is 0 Å². The fourth-order valence-electron chi connectivity index (χ4n) is 1.43. The first kappa shape index (κ1) is 9.48. The van der Waals surface area contributed by atoms with Crippen molar-refractivity contribution in [2.24, 2.45) is 0 Å². The van der Waals surface area contributed by atoms with E-state index in [1.54, 1.807) is 0 Å². The molecule has 1 rings (SSSR count). The van der Waals surface area contributed by atoms with Gasteiger partial charge in [-0.3, -0.25) is 0 Å². The molecule has 0 aromatic heterocycles. The number of benzene rings is 1. The van der Waals surface area contributed by atoms with Gasteiger partial charge in [-0.1, -0.05) is 43.7 Å². The minimum Gasteiger partial charge on any atom is -0.428 e. The molecule has 0 heterocycles. The normalized spacial score (nSPS) is 15.6. The molecule has 0 aliphatic carbocycles. The molecule has 0 bridgehead atoms. The fraction of sp³-hybridized carbons (Fsp3) is 0.400. The summed E-state index contributed by atoms with van der Waals surface area (Å²) < 4.78 is 0. The van der Waals surface area contributed by atoms with Crippen molar-refractivity contribution in [2.45, 2.75) is 25.9 Å². The molecule has 0 amide bonds. The molecular weight excluding hydrogens is 164 g/mol. The lowest BCUT2D eigenvalue weighted by molar-refractivity contribution is 0.554. The van der Waals surface area contributed by atoms with Gasteiger partial charge < -0.3 is 4.80 Å². The van der Waals surface area contributed by atoms with Crippen molar-refractivity contribution >= 4 is 13.5 Å². The van der Waals surface area contributed by atoms with Gasteiger partial charge in [0.25, 0.3) is 0 Å². The van der Waals surface area contributed by atoms with Crippen molar-refractivity contribution in [1.29, 1.82) is 0 Å². The quantitative estimate of drug-likeness (QED) is 0.704. The van der Waals surface area contributed by atoms with Gasteiger partial charge in [-0.15, -0.1) is 0 Å². The summed E-state index contributed by atoms with van der Waals surface area (Å²) in [5.41, 5.74) is 0. The average Bonchev–Trinajstić information content (AvgIpc) is 2.06. The van der Waals surface area contributed by atoms with E-state index in [9.17, 15) is 4.80 Å². The number of rotatable bonds is 3. The molecule has 66 valence electrons. The van der Waals surface area contributed by atoms with Crippen molar-refractivity contribution in [3.8, 4) is 0 Å². The largest absolute Gasteiger partial charge is 0.428 e. The molecule has 2 heteroatoms. The third-order valence-electron chi connectivity index (χ3n) is 2.13. The third-order valence-corrected chi connectivity index (χ3v) is 5.18. The predicted octanol–water partition coefficient (Wildman–Crippen LogP) is 1.87. The van der Waals surface area contributed by atoms with Gasteiger partial charge in [-0.05, 0) is 17.8 Å². The Bertz CT molecular complexity index is 231. The van der Waals surface area contributed by atoms with Gasteiger partial charge in [0.2, 0.25) is 8.32 Å². The first-order chi connectivity index (χ1) is 5.67. The molecule has 0 aliphatic rings. The van der Waals surface area contributed by atoms with E-state index in [0.717, 1.165) is 17.7 Å². The number of hydrogen-bond acceptors (Lipinski definition) is 1. The van der Waals surface area contributed by atoms with Crippen LogP contribution in [-0.4, -0.2) is 13.1 Å². The van der Waals surface area contributed by atoms with Crippen LogP contribution in [0.5, 0.6) is 0 Å². The molecule has 1 aromatic carbocycles. The van der Waals surface area contributed by atoms with E-state index < -0.39 is 8.32 Å². The summed E-state index contributed by atoms with van der Waals surface area (Å²) in [5.74, 6) is 0. The minimum atomic E-state index is -2.08. The van der Waals surface area contributed by atoms with Gasteiger partial charge >= 0.3 is 0 Å². The van der Waals surface area contributed by atoms with E-state index in [1.807, 2.05) is 36.9 Å². The van der Waals surface area contributed by atoms with Crippen LogP contribution in [0.2, 0.25) is 12.6 Å². The molecule has 0 fully saturated rings. The van der Waals surface area contributed by atoms with Gasteiger partial charge in [0.15, 0.2) is 0 Å². The van der Waals surface area contributed by atoms with Crippen molar-refractivity contribution in [3.05, 3.63) is 30.3 Å². The highest BCUT2D eigenvalue weighted by Gasteiger charge is 2.25. The maximum atomic E-state index is 10.1. The van der Waals surface area contributed by atoms with Gasteiger partial charge in [0, 0.05) is 0 Å². The Kier molecular flexibility index (Phi) is 3.06. The Morgan fingerprint density at radius 1 is 1.25 bits per heavy atom. The molecule has 1 aromatic rings. The highest BCUT2D eigenvalue weighted by atomic mass is 28.4. The second-order valence-electron chi connectivity index (χ2n) is 3.39. The van der Waals surface area contributed by atoms with E-state index in [2.05, 4.69) is 6.92 Å². The van der Waals surface area contributed by atoms with Crippen LogP contribution in [0.4, 0.5) is 0 Å². The Morgan fingerprint density at radius 2 is 1.83 bits per heavy atom. The van der Waals surface area contributed by atoms with E-state index in [4.69, 9.17) is 0 Å². The summed E-state index contributed by atoms with van der Waals surface area (Å²) in [6.07, 6.45) is 1.06. The van der Waals surface area contributed by atoms with Gasteiger partial charge in [-0.2, -0.15) is 0 Å². The SMILES string of the molecule is CCC[Si](C)(O)c1ccccc1. The van der Waals surface area contributed by atoms with Gasteiger partial charge in [0.05, 0.1) is 0 Å². The maximum absolute atomic E-state index is 10.1. The fourth-order valence-corrected chi connectivity index (χ4v) is 3.60. The molecule has 12 heavy (non-hydrogen) atoms. The molecule has 0 aliphatic heterocycles. The molecular formula is C10H16OSi. The zero-order chi connectivity index (χ0) is 9.03. The van der Waals surface area contributed by atoms with Crippen LogP contribution in [0.15, 0.2) is 30.3 Å². The molecule has 0 spiro atoms. The summed E-state index contributed by atoms with van der Waals surface area (Å²) >= 11 is 0. The molecule has 0 saturated heterocycles. The van der Waals surface area contributed by atoms with Crippen molar-refractivity contribution in [1.82, 2.24) is 0 Å². The number of hydrogen-bond donors (Lipinski definition) is 1. The van der Waals surface area contributed by atoms with Gasteiger partial charge in [0.1, 0.15) is 0 Å². The summed E-state index contributed by atoms with van der Waals surface area (Å²) in [7, 11) is -2.08. The van der Waals surface area contributed by atoms with Crippen molar-refractivity contribution in [2.75, 3.05) is 0 Å². The Labute approximate surface area is 75.2 Å². The highest BCUT2D eigenvalue weighted by Crippen LogP contribution is 2.08. The zero-order valence-electron chi connectivity index (χ0n) is 7.75. The predicted molar refractivity (Wildman–Crippen MR) is 55.0 cm³/mol. The van der Waals surface area contributed by atoms with Crippen LogP contribution in [0, 0.1) is 0 Å².